The van der Waals surface area contributed by atoms with Gasteiger partial charge in [0.15, 0.2) is 0 Å². The first-order chi connectivity index (χ1) is 10.3. The molecule has 1 aromatic rings. The molecule has 22 heavy (non-hydrogen) atoms. The molecule has 1 aromatic carbocycles. The Balaban J connectivity index is 2.09. The van der Waals surface area contributed by atoms with Gasteiger partial charge >= 0.3 is 0 Å². The van der Waals surface area contributed by atoms with E-state index in [1.54, 1.807) is 38.3 Å². The van der Waals surface area contributed by atoms with Gasteiger partial charge in [-0.1, -0.05) is 12.1 Å². The zero-order valence-corrected chi connectivity index (χ0v) is 13.9. The number of carbonyl (C=O) groups is 2. The van der Waals surface area contributed by atoms with Crippen LogP contribution in [0.3, 0.4) is 0 Å². The molecule has 0 aromatic heterocycles. The minimum absolute atomic E-state index is 0.281. The second-order valence-corrected chi connectivity index (χ2v) is 6.95. The summed E-state index contributed by atoms with van der Waals surface area (Å²) in [6.45, 7) is 2.50. The first-order valence-electron chi connectivity index (χ1n) is 6.87. The van der Waals surface area contributed by atoms with Gasteiger partial charge in [0.2, 0.25) is 5.91 Å². The van der Waals surface area contributed by atoms with Crippen LogP contribution in [0.15, 0.2) is 24.3 Å². The number of hydrogen-bond donors (Lipinski definition) is 2. The molecular weight excluding hydrogens is 327 g/mol. The number of methoxy groups -OCH3 is 1. The van der Waals surface area contributed by atoms with E-state index in [4.69, 9.17) is 27.9 Å². The summed E-state index contributed by atoms with van der Waals surface area (Å²) in [5, 5.41) is 5.46. The molecule has 2 N–H and O–H groups in total. The Morgan fingerprint density at radius 2 is 1.95 bits per heavy atom. The number of alkyl halides is 2. The molecule has 0 aliphatic heterocycles. The third kappa shape index (κ3) is 3.37. The van der Waals surface area contributed by atoms with Gasteiger partial charge in [-0.3, -0.25) is 9.59 Å². The molecule has 7 heteroatoms. The Bertz CT molecular complexity index is 592. The summed E-state index contributed by atoms with van der Waals surface area (Å²) >= 11 is 12.0. The molecular formula is C15H18Cl2N2O3. The van der Waals surface area contributed by atoms with E-state index in [2.05, 4.69) is 10.6 Å². The average Bonchev–Trinajstić information content (AvgIpc) is 3.00. The predicted octanol–water partition coefficient (Wildman–Crippen LogP) is 2.59. The van der Waals surface area contributed by atoms with Gasteiger partial charge in [-0.05, 0) is 25.5 Å². The van der Waals surface area contributed by atoms with Gasteiger partial charge in [-0.15, -0.1) is 23.2 Å². The van der Waals surface area contributed by atoms with E-state index < -0.39 is 9.75 Å². The van der Waals surface area contributed by atoms with Gasteiger partial charge in [0.05, 0.1) is 23.3 Å². The summed E-state index contributed by atoms with van der Waals surface area (Å²) in [5.74, 6) is -0.577. The summed E-state index contributed by atoms with van der Waals surface area (Å²) in [5.41, 5.74) is -0.0268. The lowest BCUT2D eigenvalue weighted by atomic mass is 10.1. The molecule has 0 saturated heterocycles. The second-order valence-electron chi connectivity index (χ2n) is 5.46. The molecule has 2 rings (SSSR count). The largest absolute Gasteiger partial charge is 0.383 e. The van der Waals surface area contributed by atoms with Crippen LogP contribution in [-0.2, 0) is 9.53 Å². The standard InChI is InChI=1S/C15H18Cl2N2O3/c1-14(9-15(14,16)17)13(21)19-11-6-4-3-5-10(11)12(20)18-7-8-22-2/h3-6H,7-9H2,1-2H3,(H,18,20)(H,19,21)/t14-/m1/s1. The number of benzene rings is 1. The summed E-state index contributed by atoms with van der Waals surface area (Å²) in [6.07, 6.45) is 0.386. The van der Waals surface area contributed by atoms with Crippen molar-refractivity contribution in [2.45, 2.75) is 17.7 Å². The zero-order valence-electron chi connectivity index (χ0n) is 12.4. The van der Waals surface area contributed by atoms with Crippen LogP contribution in [0.2, 0.25) is 0 Å². The number of para-hydroxylation sites is 1. The van der Waals surface area contributed by atoms with Crippen LogP contribution in [0.5, 0.6) is 0 Å². The van der Waals surface area contributed by atoms with Gasteiger partial charge in [0, 0.05) is 13.7 Å². The zero-order chi connectivity index (χ0) is 16.4. The minimum Gasteiger partial charge on any atom is -0.383 e. The van der Waals surface area contributed by atoms with Crippen molar-refractivity contribution in [3.8, 4) is 0 Å². The molecule has 120 valence electrons. The second kappa shape index (κ2) is 6.44. The van der Waals surface area contributed by atoms with Crippen LogP contribution < -0.4 is 10.6 Å². The van der Waals surface area contributed by atoms with Crippen molar-refractivity contribution in [1.29, 1.82) is 0 Å². The number of carbonyl (C=O) groups excluding carboxylic acids is 2. The fourth-order valence-corrected chi connectivity index (χ4v) is 2.76. The molecule has 0 bridgehead atoms. The van der Waals surface area contributed by atoms with Crippen molar-refractivity contribution < 1.29 is 14.3 Å². The van der Waals surface area contributed by atoms with Crippen molar-refractivity contribution in [3.05, 3.63) is 29.8 Å². The van der Waals surface area contributed by atoms with Crippen molar-refractivity contribution >= 4 is 40.7 Å². The molecule has 1 saturated carbocycles. The lowest BCUT2D eigenvalue weighted by Gasteiger charge is -2.15. The lowest BCUT2D eigenvalue weighted by molar-refractivity contribution is -0.120. The first kappa shape index (κ1) is 17.1. The fraction of sp³-hybridized carbons (Fsp3) is 0.467. The lowest BCUT2D eigenvalue weighted by Crippen LogP contribution is -2.30. The monoisotopic (exact) mass is 344 g/mol. The molecule has 0 unspecified atom stereocenters. The highest BCUT2D eigenvalue weighted by molar-refractivity contribution is 6.53. The van der Waals surface area contributed by atoms with Crippen molar-refractivity contribution in [2.24, 2.45) is 5.41 Å². The molecule has 0 radical (unpaired) electrons. The Kier molecular flexibility index (Phi) is 5.00. The first-order valence-corrected chi connectivity index (χ1v) is 7.63. The number of hydrogen-bond acceptors (Lipinski definition) is 3. The Morgan fingerprint density at radius 3 is 2.55 bits per heavy atom. The molecule has 0 spiro atoms. The van der Waals surface area contributed by atoms with E-state index in [-0.39, 0.29) is 11.8 Å². The average molecular weight is 345 g/mol. The van der Waals surface area contributed by atoms with Crippen LogP contribution >= 0.6 is 23.2 Å². The summed E-state index contributed by atoms with van der Waals surface area (Å²) < 4.78 is 3.84. The van der Waals surface area contributed by atoms with Crippen LogP contribution in [0.25, 0.3) is 0 Å². The van der Waals surface area contributed by atoms with E-state index >= 15 is 0 Å². The molecule has 0 heterocycles. The molecule has 2 amide bonds. The van der Waals surface area contributed by atoms with Gasteiger partial charge in [0.25, 0.3) is 5.91 Å². The summed E-state index contributed by atoms with van der Waals surface area (Å²) in [4.78, 5) is 24.5. The van der Waals surface area contributed by atoms with Crippen molar-refractivity contribution in [3.63, 3.8) is 0 Å². The maximum atomic E-state index is 12.3. The predicted molar refractivity (Wildman–Crippen MR) is 86.4 cm³/mol. The third-order valence-electron chi connectivity index (χ3n) is 3.77. The molecule has 1 fully saturated rings. The normalized spacial score (nSPS) is 22.0. The van der Waals surface area contributed by atoms with Gasteiger partial charge < -0.3 is 15.4 Å². The van der Waals surface area contributed by atoms with Gasteiger partial charge in [0.1, 0.15) is 4.33 Å². The van der Waals surface area contributed by atoms with E-state index in [1.807, 2.05) is 0 Å². The number of nitrogens with one attached hydrogen (secondary N) is 2. The van der Waals surface area contributed by atoms with Gasteiger partial charge in [-0.25, -0.2) is 0 Å². The Hall–Kier alpha value is -1.30. The minimum atomic E-state index is -1.05. The van der Waals surface area contributed by atoms with Crippen LogP contribution in [0.4, 0.5) is 5.69 Å². The number of anilines is 1. The number of rotatable bonds is 6. The number of amides is 2. The maximum absolute atomic E-state index is 12.3. The molecule has 1 atom stereocenters. The van der Waals surface area contributed by atoms with E-state index in [9.17, 15) is 9.59 Å². The topological polar surface area (TPSA) is 67.4 Å². The highest BCUT2D eigenvalue weighted by Gasteiger charge is 2.67. The number of halogens is 2. The van der Waals surface area contributed by atoms with Crippen LogP contribution in [0, 0.1) is 5.41 Å². The maximum Gasteiger partial charge on any atom is 0.253 e. The summed E-state index contributed by atoms with van der Waals surface area (Å²) in [7, 11) is 1.56. The molecule has 1 aliphatic rings. The van der Waals surface area contributed by atoms with E-state index in [1.165, 1.54) is 0 Å². The van der Waals surface area contributed by atoms with Gasteiger partial charge in [-0.2, -0.15) is 0 Å². The van der Waals surface area contributed by atoms with E-state index in [0.717, 1.165) is 0 Å². The van der Waals surface area contributed by atoms with Crippen LogP contribution in [0.1, 0.15) is 23.7 Å². The fourth-order valence-electron chi connectivity index (χ4n) is 2.06. The Labute approximate surface area is 139 Å². The van der Waals surface area contributed by atoms with E-state index in [0.29, 0.717) is 30.8 Å². The highest BCUT2D eigenvalue weighted by Crippen LogP contribution is 2.64. The van der Waals surface area contributed by atoms with Crippen LogP contribution in [-0.4, -0.2) is 36.4 Å². The Morgan fingerprint density at radius 1 is 1.32 bits per heavy atom. The molecule has 1 aliphatic carbocycles. The highest BCUT2D eigenvalue weighted by atomic mass is 35.5. The summed E-state index contributed by atoms with van der Waals surface area (Å²) in [6, 6.07) is 6.78. The number of ether oxygens (including phenoxy) is 1. The van der Waals surface area contributed by atoms with Crippen molar-refractivity contribution in [1.82, 2.24) is 5.32 Å². The van der Waals surface area contributed by atoms with Crippen molar-refractivity contribution in [2.75, 3.05) is 25.6 Å². The molecule has 5 nitrogen and oxygen atoms in total. The quantitative estimate of drug-likeness (QED) is 0.615. The smallest absolute Gasteiger partial charge is 0.253 e. The third-order valence-corrected chi connectivity index (χ3v) is 4.87. The SMILES string of the molecule is COCCNC(=O)c1ccccc1NC(=O)[C@@]1(C)CC1(Cl)Cl.